The summed E-state index contributed by atoms with van der Waals surface area (Å²) < 4.78 is 10.8. The van der Waals surface area contributed by atoms with Crippen LogP contribution in [0.25, 0.3) is 0 Å². The number of hydrogen-bond donors (Lipinski definition) is 1. The van der Waals surface area contributed by atoms with Gasteiger partial charge in [-0.1, -0.05) is 13.3 Å². The molecular weight excluding hydrogens is 298 g/mol. The van der Waals surface area contributed by atoms with Gasteiger partial charge in [0.2, 0.25) is 0 Å². The molecule has 1 fully saturated rings. The molecule has 1 aromatic rings. The van der Waals surface area contributed by atoms with E-state index in [9.17, 15) is 9.59 Å². The lowest BCUT2D eigenvalue weighted by Crippen LogP contribution is -2.55. The molecule has 0 aliphatic carbocycles. The summed E-state index contributed by atoms with van der Waals surface area (Å²) in [6.07, 6.45) is 3.27. The molecule has 1 N–H and O–H groups in total. The van der Waals surface area contributed by atoms with E-state index in [1.54, 1.807) is 19.2 Å². The molecule has 2 rings (SSSR count). The molecule has 126 valence electrons. The molecule has 1 saturated heterocycles. The Labute approximate surface area is 136 Å². The predicted molar refractivity (Wildman–Crippen MR) is 85.2 cm³/mol. The molecule has 23 heavy (non-hydrogen) atoms. The van der Waals surface area contributed by atoms with Crippen molar-refractivity contribution in [2.75, 3.05) is 20.8 Å². The van der Waals surface area contributed by atoms with Crippen molar-refractivity contribution in [2.45, 2.75) is 38.6 Å². The van der Waals surface area contributed by atoms with E-state index in [0.29, 0.717) is 30.0 Å². The Morgan fingerprint density at radius 1 is 1.30 bits per heavy atom. The molecule has 1 amide bonds. The number of carboxylic acids is 1. The van der Waals surface area contributed by atoms with Gasteiger partial charge in [0.25, 0.3) is 5.91 Å². The first kappa shape index (κ1) is 17.1. The molecule has 1 aliphatic rings. The smallest absolute Gasteiger partial charge is 0.326 e. The summed E-state index contributed by atoms with van der Waals surface area (Å²) >= 11 is 0. The number of rotatable bonds is 7. The summed E-state index contributed by atoms with van der Waals surface area (Å²) in [5.74, 6) is -0.105. The van der Waals surface area contributed by atoms with Crippen LogP contribution in [0.3, 0.4) is 0 Å². The number of likely N-dealkylation sites (tertiary alicyclic amines) is 1. The minimum Gasteiger partial charge on any atom is -0.493 e. The standard InChI is InChI=1S/C17H23NO5/c1-4-5-6-11-9-12(10-14(22-2)15(11)23-3)16(19)18-8-7-13(18)17(20)21/h9-10,13H,4-8H2,1-3H3,(H,20,21)/t13-/m1/s1. The van der Waals surface area contributed by atoms with E-state index in [1.165, 1.54) is 12.0 Å². The highest BCUT2D eigenvalue weighted by Crippen LogP contribution is 2.35. The van der Waals surface area contributed by atoms with Crippen molar-refractivity contribution in [3.63, 3.8) is 0 Å². The maximum absolute atomic E-state index is 12.6. The molecular formula is C17H23NO5. The van der Waals surface area contributed by atoms with E-state index in [1.807, 2.05) is 0 Å². The van der Waals surface area contributed by atoms with E-state index < -0.39 is 12.0 Å². The minimum atomic E-state index is -0.962. The van der Waals surface area contributed by atoms with E-state index in [0.717, 1.165) is 24.8 Å². The van der Waals surface area contributed by atoms with Crippen LogP contribution in [0.2, 0.25) is 0 Å². The number of ether oxygens (including phenoxy) is 2. The number of amides is 1. The topological polar surface area (TPSA) is 76.1 Å². The molecule has 1 aliphatic heterocycles. The second-order valence-corrected chi connectivity index (χ2v) is 5.62. The zero-order chi connectivity index (χ0) is 17.0. The van der Waals surface area contributed by atoms with Crippen molar-refractivity contribution < 1.29 is 24.2 Å². The first-order valence-electron chi connectivity index (χ1n) is 7.82. The van der Waals surface area contributed by atoms with Gasteiger partial charge in [-0.25, -0.2) is 4.79 Å². The molecule has 0 bridgehead atoms. The van der Waals surface area contributed by atoms with Crippen molar-refractivity contribution in [1.29, 1.82) is 0 Å². The highest BCUT2D eigenvalue weighted by molar-refractivity contribution is 5.98. The average molecular weight is 321 g/mol. The summed E-state index contributed by atoms with van der Waals surface area (Å²) in [5.41, 5.74) is 1.35. The largest absolute Gasteiger partial charge is 0.493 e. The van der Waals surface area contributed by atoms with Crippen molar-refractivity contribution in [1.82, 2.24) is 4.90 Å². The van der Waals surface area contributed by atoms with Crippen LogP contribution in [-0.4, -0.2) is 48.7 Å². The highest BCUT2D eigenvalue weighted by Gasteiger charge is 2.38. The second kappa shape index (κ2) is 7.35. The van der Waals surface area contributed by atoms with Gasteiger partial charge in [0.15, 0.2) is 11.5 Å². The number of benzene rings is 1. The van der Waals surface area contributed by atoms with Gasteiger partial charge in [-0.15, -0.1) is 0 Å². The van der Waals surface area contributed by atoms with E-state index in [2.05, 4.69) is 6.92 Å². The zero-order valence-electron chi connectivity index (χ0n) is 13.8. The molecule has 0 saturated carbocycles. The number of carbonyl (C=O) groups is 2. The SMILES string of the molecule is CCCCc1cc(C(=O)N2CC[C@@H]2C(=O)O)cc(OC)c1OC. The second-order valence-electron chi connectivity index (χ2n) is 5.62. The molecule has 1 heterocycles. The van der Waals surface area contributed by atoms with Gasteiger partial charge in [-0.2, -0.15) is 0 Å². The van der Waals surface area contributed by atoms with Crippen molar-refractivity contribution in [3.05, 3.63) is 23.3 Å². The maximum Gasteiger partial charge on any atom is 0.326 e. The lowest BCUT2D eigenvalue weighted by molar-refractivity contribution is -0.146. The van der Waals surface area contributed by atoms with Gasteiger partial charge >= 0.3 is 5.97 Å². The molecule has 6 heteroatoms. The van der Waals surface area contributed by atoms with Crippen LogP contribution in [0, 0.1) is 0 Å². The van der Waals surface area contributed by atoms with Gasteiger partial charge < -0.3 is 19.5 Å². The summed E-state index contributed by atoms with van der Waals surface area (Å²) in [6, 6.07) is 2.68. The van der Waals surface area contributed by atoms with E-state index in [4.69, 9.17) is 14.6 Å². The molecule has 0 radical (unpaired) electrons. The summed E-state index contributed by atoms with van der Waals surface area (Å²) in [6.45, 7) is 2.56. The van der Waals surface area contributed by atoms with Crippen molar-refractivity contribution in [3.8, 4) is 11.5 Å². The Balaban J connectivity index is 2.34. The van der Waals surface area contributed by atoms with Crippen LogP contribution in [-0.2, 0) is 11.2 Å². The average Bonchev–Trinajstić information content (AvgIpc) is 2.49. The molecule has 0 spiro atoms. The van der Waals surface area contributed by atoms with Crippen molar-refractivity contribution >= 4 is 11.9 Å². The molecule has 1 atom stereocenters. The van der Waals surface area contributed by atoms with Gasteiger partial charge in [0.1, 0.15) is 6.04 Å². The number of aryl methyl sites for hydroxylation is 1. The van der Waals surface area contributed by atoms with Gasteiger partial charge in [-0.05, 0) is 37.0 Å². The van der Waals surface area contributed by atoms with Crippen LogP contribution < -0.4 is 9.47 Å². The first-order chi connectivity index (χ1) is 11.0. The lowest BCUT2D eigenvalue weighted by Gasteiger charge is -2.38. The zero-order valence-corrected chi connectivity index (χ0v) is 13.8. The Hall–Kier alpha value is -2.24. The third kappa shape index (κ3) is 3.41. The summed E-state index contributed by atoms with van der Waals surface area (Å²) in [4.78, 5) is 25.1. The Morgan fingerprint density at radius 2 is 2.04 bits per heavy atom. The van der Waals surface area contributed by atoms with Crippen LogP contribution in [0.15, 0.2) is 12.1 Å². The van der Waals surface area contributed by atoms with Crippen molar-refractivity contribution in [2.24, 2.45) is 0 Å². The van der Waals surface area contributed by atoms with Crippen LogP contribution in [0.4, 0.5) is 0 Å². The number of carboxylic acid groups (broad SMARTS) is 1. The number of nitrogens with zero attached hydrogens (tertiary/aromatic N) is 1. The summed E-state index contributed by atoms with van der Waals surface area (Å²) in [7, 11) is 3.10. The van der Waals surface area contributed by atoms with Gasteiger partial charge in [0.05, 0.1) is 14.2 Å². The van der Waals surface area contributed by atoms with Gasteiger partial charge in [0, 0.05) is 12.1 Å². The number of aliphatic carboxylic acids is 1. The molecule has 0 unspecified atom stereocenters. The number of carbonyl (C=O) groups excluding carboxylic acids is 1. The third-order valence-corrected chi connectivity index (χ3v) is 4.17. The lowest BCUT2D eigenvalue weighted by atomic mass is 9.98. The fourth-order valence-corrected chi connectivity index (χ4v) is 2.77. The number of methoxy groups -OCH3 is 2. The Morgan fingerprint density at radius 3 is 2.52 bits per heavy atom. The van der Waals surface area contributed by atoms with Crippen LogP contribution in [0.1, 0.15) is 42.1 Å². The van der Waals surface area contributed by atoms with Gasteiger partial charge in [-0.3, -0.25) is 4.79 Å². The monoisotopic (exact) mass is 321 g/mol. The molecule has 1 aromatic carbocycles. The minimum absolute atomic E-state index is 0.276. The van der Waals surface area contributed by atoms with E-state index in [-0.39, 0.29) is 5.91 Å². The summed E-state index contributed by atoms with van der Waals surface area (Å²) in [5, 5.41) is 9.11. The number of hydrogen-bond acceptors (Lipinski definition) is 4. The predicted octanol–water partition coefficient (Wildman–Crippen LogP) is 2.35. The fourth-order valence-electron chi connectivity index (χ4n) is 2.77. The number of unbranched alkanes of at least 4 members (excludes halogenated alkanes) is 1. The fraction of sp³-hybridized carbons (Fsp3) is 0.529. The van der Waals surface area contributed by atoms with Crippen LogP contribution >= 0.6 is 0 Å². The Bertz CT molecular complexity index is 599. The van der Waals surface area contributed by atoms with Crippen LogP contribution in [0.5, 0.6) is 11.5 Å². The highest BCUT2D eigenvalue weighted by atomic mass is 16.5. The maximum atomic E-state index is 12.6. The molecule has 0 aromatic heterocycles. The Kier molecular flexibility index (Phi) is 5.47. The first-order valence-corrected chi connectivity index (χ1v) is 7.82. The normalized spacial score (nSPS) is 16.7. The quantitative estimate of drug-likeness (QED) is 0.834. The third-order valence-electron chi connectivity index (χ3n) is 4.17. The molecule has 6 nitrogen and oxygen atoms in total. The van der Waals surface area contributed by atoms with E-state index >= 15 is 0 Å².